The number of carbonyl (C=O) groups is 6. The fourth-order valence-corrected chi connectivity index (χ4v) is 11.3. The number of hydrogen-bond acceptors (Lipinski definition) is 14. The largest absolute Gasteiger partial charge is 0.456 e. The van der Waals surface area contributed by atoms with Crippen LogP contribution in [0.25, 0.3) is 0 Å². The molecule has 15 heteroatoms. The van der Waals surface area contributed by atoms with E-state index < -0.39 is 113 Å². The maximum Gasteiger partial charge on any atom is 0.338 e. The van der Waals surface area contributed by atoms with Crippen LogP contribution in [0.4, 0.5) is 0 Å². The first kappa shape index (κ1) is 51.8. The molecule has 0 aromatic heterocycles. The smallest absolute Gasteiger partial charge is 0.338 e. The molecule has 0 spiro atoms. The van der Waals surface area contributed by atoms with E-state index in [-0.39, 0.29) is 35.3 Å². The number of allylic oxidation sites excluding steroid dienone is 2. The van der Waals surface area contributed by atoms with Gasteiger partial charge in [-0.2, -0.15) is 0 Å². The quantitative estimate of drug-likeness (QED) is 0.0952. The number of hydrogen-bond donors (Lipinski definition) is 4. The van der Waals surface area contributed by atoms with Gasteiger partial charge in [-0.25, -0.2) is 9.59 Å². The number of amides is 1. The Balaban J connectivity index is 0.000000820. The summed E-state index contributed by atoms with van der Waals surface area (Å²) in [5.74, 6) is -6.84. The van der Waals surface area contributed by atoms with Crippen LogP contribution in [0, 0.1) is 16.7 Å². The van der Waals surface area contributed by atoms with E-state index in [1.807, 2.05) is 0 Å². The lowest BCUT2D eigenvalue weighted by molar-refractivity contribution is -0.346. The molecule has 1 heterocycles. The molecular weight excluding hydrogens is 899 g/mol. The highest BCUT2D eigenvalue weighted by Gasteiger charge is 2.78. The molecule has 15 nitrogen and oxygen atoms in total. The second-order valence-corrected chi connectivity index (χ2v) is 19.8. The van der Waals surface area contributed by atoms with Gasteiger partial charge in [0.15, 0.2) is 23.6 Å². The molecule has 2 saturated carbocycles. The number of nitrogens with one attached hydrogen (secondary N) is 1. The lowest BCUT2D eigenvalue weighted by Gasteiger charge is -2.67. The van der Waals surface area contributed by atoms with Crippen LogP contribution < -0.4 is 5.32 Å². The molecule has 8 rings (SSSR count). The van der Waals surface area contributed by atoms with Gasteiger partial charge in [-0.05, 0) is 80.5 Å². The Kier molecular flexibility index (Phi) is 15.7. The fourth-order valence-electron chi connectivity index (χ4n) is 11.3. The summed E-state index contributed by atoms with van der Waals surface area (Å²) in [5.41, 5.74) is -7.02. The lowest BCUT2D eigenvalue weighted by Crippen LogP contribution is -2.82. The molecule has 1 saturated heterocycles. The second kappa shape index (κ2) is 21.2. The van der Waals surface area contributed by atoms with Gasteiger partial charge in [0.25, 0.3) is 5.91 Å². The third-order valence-electron chi connectivity index (χ3n) is 15.1. The van der Waals surface area contributed by atoms with E-state index in [4.69, 9.17) is 23.7 Å². The number of ether oxygens (including phenoxy) is 5. The predicted octanol–water partition coefficient (Wildman–Crippen LogP) is 6.63. The van der Waals surface area contributed by atoms with Crippen LogP contribution in [-0.2, 0) is 42.9 Å². The predicted molar refractivity (Wildman–Crippen MR) is 255 cm³/mol. The van der Waals surface area contributed by atoms with Gasteiger partial charge in [0, 0.05) is 37.7 Å². The normalized spacial score (nSPS) is 31.2. The van der Waals surface area contributed by atoms with Crippen molar-refractivity contribution in [1.29, 1.82) is 0 Å². The van der Waals surface area contributed by atoms with Crippen molar-refractivity contribution in [3.05, 3.63) is 131 Å². The van der Waals surface area contributed by atoms with E-state index in [0.717, 1.165) is 13.8 Å². The Morgan fingerprint density at radius 3 is 1.89 bits per heavy atom. The minimum atomic E-state index is -2.39. The molecule has 70 heavy (non-hydrogen) atoms. The zero-order valence-electron chi connectivity index (χ0n) is 40.6. The van der Waals surface area contributed by atoms with E-state index in [1.165, 1.54) is 64.5 Å². The van der Waals surface area contributed by atoms with Crippen LogP contribution in [0.1, 0.15) is 125 Å². The average Bonchev–Trinajstić information content (AvgIpc) is 3.32. The molecule has 1 amide bonds. The number of benzene rings is 3. The van der Waals surface area contributed by atoms with Crippen molar-refractivity contribution in [3.63, 3.8) is 0 Å². The van der Waals surface area contributed by atoms with Crippen molar-refractivity contribution < 1.29 is 67.8 Å². The molecule has 3 aromatic rings. The summed E-state index contributed by atoms with van der Waals surface area (Å²) in [7, 11) is 0. The van der Waals surface area contributed by atoms with Gasteiger partial charge < -0.3 is 44.3 Å². The molecule has 3 fully saturated rings. The summed E-state index contributed by atoms with van der Waals surface area (Å²) in [6.45, 7) is 7.97. The van der Waals surface area contributed by atoms with Crippen molar-refractivity contribution in [2.75, 3.05) is 6.61 Å². The molecule has 4 aliphatic carbocycles. The number of rotatable bonds is 10. The van der Waals surface area contributed by atoms with Crippen molar-refractivity contribution in [2.45, 2.75) is 147 Å². The summed E-state index contributed by atoms with van der Waals surface area (Å²) < 4.78 is 30.3. The molecule has 0 unspecified atom stereocenters. The fraction of sp³-hybridized carbons (Fsp3) is 0.491. The molecule has 3 aromatic carbocycles. The molecule has 1 aliphatic heterocycles. The first-order valence-electron chi connectivity index (χ1n) is 24.1. The van der Waals surface area contributed by atoms with Gasteiger partial charge in [-0.1, -0.05) is 106 Å². The van der Waals surface area contributed by atoms with Gasteiger partial charge in [0.05, 0.1) is 35.6 Å². The molecule has 5 aliphatic rings. The number of Topliss-reactive ketones (excluding diaryl/α,β-unsaturated/α-hetero) is 1. The van der Waals surface area contributed by atoms with Gasteiger partial charge in [0.2, 0.25) is 0 Å². The van der Waals surface area contributed by atoms with E-state index in [9.17, 15) is 39.3 Å². The van der Waals surface area contributed by atoms with Crippen molar-refractivity contribution in [1.82, 2.24) is 5.32 Å². The van der Waals surface area contributed by atoms with E-state index in [2.05, 4.69) is 17.5 Å². The Morgan fingerprint density at radius 1 is 0.771 bits per heavy atom. The van der Waals surface area contributed by atoms with Crippen LogP contribution in [0.3, 0.4) is 0 Å². The first-order chi connectivity index (χ1) is 33.3. The number of carbonyl (C=O) groups excluding carboxylic acids is 6. The maximum absolute atomic E-state index is 15.5. The number of ketones is 1. The summed E-state index contributed by atoms with van der Waals surface area (Å²) in [6, 6.07) is 22.9. The minimum absolute atomic E-state index is 0.00289. The van der Waals surface area contributed by atoms with Crippen LogP contribution in [0.15, 0.2) is 114 Å². The highest BCUT2D eigenvalue weighted by molar-refractivity contribution is 5.96. The Labute approximate surface area is 408 Å². The lowest BCUT2D eigenvalue weighted by atomic mass is 9.44. The van der Waals surface area contributed by atoms with Crippen molar-refractivity contribution in [3.8, 4) is 0 Å². The highest BCUT2D eigenvalue weighted by atomic mass is 16.6. The van der Waals surface area contributed by atoms with Gasteiger partial charge >= 0.3 is 23.9 Å². The Morgan fingerprint density at radius 2 is 1.34 bits per heavy atom. The van der Waals surface area contributed by atoms with Gasteiger partial charge in [-0.15, -0.1) is 0 Å². The summed E-state index contributed by atoms with van der Waals surface area (Å²) in [4.78, 5) is 83.5. The number of fused-ring (bicyclic) bond motifs is 5. The monoisotopic (exact) mass is 963 g/mol. The van der Waals surface area contributed by atoms with Gasteiger partial charge in [-0.3, -0.25) is 19.2 Å². The Bertz CT molecular complexity index is 2460. The molecule has 0 radical (unpaired) electrons. The molecule has 374 valence electrons. The Hall–Kier alpha value is -6.00. The zero-order valence-corrected chi connectivity index (χ0v) is 40.6. The first-order valence-corrected chi connectivity index (χ1v) is 24.1. The van der Waals surface area contributed by atoms with Crippen LogP contribution >= 0.6 is 0 Å². The standard InChI is InChI=1S/C47H51NO14.C8H14/c1-25-31(60-43(56)36(52)35(28-16-10-7-11-17-28)48-41(54)29-18-12-8-13-19-29)23-47(57)40(61-42(55)30-20-14-9-15-21-30)38-45(6,32(51)22-33-46(38,24-58-33)62-27(3)50)39(53)37(59-26(2)49)34(25)44(47,4)5;1-2-4-6-8-7-5-3-1/h7-21,31-33,35-38,40,51-52,57H,22-24H2,1-6H3,(H,48,54);1-2H,3-8H2/b;2-1+/t31-,32-,33+,35-,36+,37+,38-,40-,45+,46-,47+;/m0./s1. The third-order valence-corrected chi connectivity index (χ3v) is 15.1. The van der Waals surface area contributed by atoms with Gasteiger partial charge in [0.1, 0.15) is 23.9 Å². The van der Waals surface area contributed by atoms with Crippen LogP contribution in [0.5, 0.6) is 0 Å². The minimum Gasteiger partial charge on any atom is -0.456 e. The summed E-state index contributed by atoms with van der Waals surface area (Å²) in [5, 5.41) is 40.2. The highest BCUT2D eigenvalue weighted by Crippen LogP contribution is 2.64. The van der Waals surface area contributed by atoms with E-state index >= 15 is 4.79 Å². The van der Waals surface area contributed by atoms with E-state index in [1.54, 1.807) is 92.7 Å². The SMILES string of the molecule is C1=C/CCCCCC/1.CC(=O)O[C@H]1C(=O)[C@@]2(C)[C@H]([C@H](OC(=O)c3ccccc3)[C@]3(O)C[C@H](OC(=O)[C@H](O)[C@@H](NC(=O)c4ccccc4)c4ccccc4)C(C)=C1C3(C)C)[C@]1(OC(C)=O)CO[C@@H]1C[C@@H]2O. The summed E-state index contributed by atoms with van der Waals surface area (Å²) in [6.07, 6.45) is 2.49. The third kappa shape index (κ3) is 9.86. The number of aliphatic hydroxyl groups is 3. The van der Waals surface area contributed by atoms with Crippen molar-refractivity contribution >= 4 is 35.6 Å². The topological polar surface area (TPSA) is 221 Å². The molecule has 2 bridgehead atoms. The maximum atomic E-state index is 15.5. The molecule has 11 atom stereocenters. The molecule has 4 N–H and O–H groups in total. The average molecular weight is 964 g/mol. The number of esters is 4. The summed E-state index contributed by atoms with van der Waals surface area (Å²) >= 11 is 0. The van der Waals surface area contributed by atoms with E-state index in [0.29, 0.717) is 5.56 Å². The zero-order chi connectivity index (χ0) is 50.6. The number of aliphatic hydroxyl groups excluding tert-OH is 2. The molecular formula is C55H65NO14. The van der Waals surface area contributed by atoms with Crippen molar-refractivity contribution in [2.24, 2.45) is 16.7 Å². The van der Waals surface area contributed by atoms with Crippen LogP contribution in [0.2, 0.25) is 0 Å². The van der Waals surface area contributed by atoms with Crippen LogP contribution in [-0.4, -0.2) is 105 Å². The second-order valence-electron chi connectivity index (χ2n) is 19.8.